The molecule has 0 fully saturated rings. The van der Waals surface area contributed by atoms with Crippen molar-refractivity contribution in [1.29, 1.82) is 0 Å². The molecular formula is C14H21N3O2. The average Bonchev–Trinajstić information content (AvgIpc) is 2.42. The third-order valence-electron chi connectivity index (χ3n) is 2.71. The highest BCUT2D eigenvalue weighted by molar-refractivity contribution is 5.94. The van der Waals surface area contributed by atoms with Crippen LogP contribution < -0.4 is 16.0 Å². The Morgan fingerprint density at radius 3 is 2.37 bits per heavy atom. The highest BCUT2D eigenvalue weighted by atomic mass is 16.2. The lowest BCUT2D eigenvalue weighted by atomic mass is 10.1. The van der Waals surface area contributed by atoms with Crippen molar-refractivity contribution < 1.29 is 9.59 Å². The van der Waals surface area contributed by atoms with Gasteiger partial charge in [-0.25, -0.2) is 0 Å². The molecule has 3 N–H and O–H groups in total. The Morgan fingerprint density at radius 2 is 1.74 bits per heavy atom. The zero-order valence-electron chi connectivity index (χ0n) is 11.5. The smallest absolute Gasteiger partial charge is 0.251 e. The van der Waals surface area contributed by atoms with Crippen LogP contribution in [0.1, 0.15) is 22.3 Å². The molecule has 19 heavy (non-hydrogen) atoms. The van der Waals surface area contributed by atoms with Gasteiger partial charge in [-0.2, -0.15) is 0 Å². The monoisotopic (exact) mass is 263 g/mol. The van der Waals surface area contributed by atoms with Gasteiger partial charge in [-0.15, -0.1) is 0 Å². The summed E-state index contributed by atoms with van der Waals surface area (Å²) < 4.78 is 0. The van der Waals surface area contributed by atoms with E-state index < -0.39 is 0 Å². The minimum Gasteiger partial charge on any atom is -0.359 e. The highest BCUT2D eigenvalue weighted by Gasteiger charge is 2.03. The molecule has 0 atom stereocenters. The van der Waals surface area contributed by atoms with Crippen molar-refractivity contribution in [2.45, 2.75) is 13.3 Å². The predicted octanol–water partition coefficient (Wildman–Crippen LogP) is 0.451. The van der Waals surface area contributed by atoms with Gasteiger partial charge in [0.05, 0.1) is 0 Å². The fourth-order valence-electron chi connectivity index (χ4n) is 1.52. The molecule has 5 heteroatoms. The molecular weight excluding hydrogens is 242 g/mol. The van der Waals surface area contributed by atoms with Gasteiger partial charge in [0, 0.05) is 38.7 Å². The summed E-state index contributed by atoms with van der Waals surface area (Å²) in [5, 5.41) is 8.46. The van der Waals surface area contributed by atoms with E-state index in [0.29, 0.717) is 31.6 Å². The maximum atomic E-state index is 11.7. The van der Waals surface area contributed by atoms with Gasteiger partial charge in [0.2, 0.25) is 5.91 Å². The number of nitrogens with one attached hydrogen (secondary N) is 3. The zero-order valence-corrected chi connectivity index (χ0v) is 11.5. The number of hydrogen-bond acceptors (Lipinski definition) is 3. The first kappa shape index (κ1) is 15.2. The molecule has 0 spiro atoms. The van der Waals surface area contributed by atoms with Crippen molar-refractivity contribution in [1.82, 2.24) is 16.0 Å². The summed E-state index contributed by atoms with van der Waals surface area (Å²) in [6, 6.07) is 7.44. The standard InChI is InChI=1S/C14H21N3O2/c1-11-3-5-12(6-4-11)14(19)17-10-9-16-8-7-13(18)15-2/h3-6,16H,7-10H2,1-2H3,(H,15,18)(H,17,19). The van der Waals surface area contributed by atoms with E-state index in [1.54, 1.807) is 7.05 Å². The molecule has 0 aliphatic rings. The van der Waals surface area contributed by atoms with Crippen LogP contribution in [-0.4, -0.2) is 38.5 Å². The minimum absolute atomic E-state index is 0.0104. The summed E-state index contributed by atoms with van der Waals surface area (Å²) in [6.07, 6.45) is 0.447. The lowest BCUT2D eigenvalue weighted by molar-refractivity contribution is -0.120. The van der Waals surface area contributed by atoms with Gasteiger partial charge >= 0.3 is 0 Å². The normalized spacial score (nSPS) is 10.0. The number of benzene rings is 1. The number of carbonyl (C=O) groups is 2. The van der Waals surface area contributed by atoms with E-state index in [-0.39, 0.29) is 11.8 Å². The highest BCUT2D eigenvalue weighted by Crippen LogP contribution is 2.02. The molecule has 5 nitrogen and oxygen atoms in total. The molecule has 104 valence electrons. The van der Waals surface area contributed by atoms with Crippen LogP contribution in [0.25, 0.3) is 0 Å². The van der Waals surface area contributed by atoms with Gasteiger partial charge in [0.25, 0.3) is 5.91 Å². The first-order valence-corrected chi connectivity index (χ1v) is 6.39. The fourth-order valence-corrected chi connectivity index (χ4v) is 1.52. The van der Waals surface area contributed by atoms with Crippen LogP contribution in [0.3, 0.4) is 0 Å². The number of hydrogen-bond donors (Lipinski definition) is 3. The molecule has 0 heterocycles. The molecule has 0 saturated heterocycles. The van der Waals surface area contributed by atoms with Crippen LogP contribution in [0.4, 0.5) is 0 Å². The van der Waals surface area contributed by atoms with E-state index in [1.165, 1.54) is 0 Å². The summed E-state index contributed by atoms with van der Waals surface area (Å²) >= 11 is 0. The van der Waals surface area contributed by atoms with E-state index in [1.807, 2.05) is 31.2 Å². The maximum Gasteiger partial charge on any atom is 0.251 e. The fraction of sp³-hybridized carbons (Fsp3) is 0.429. The van der Waals surface area contributed by atoms with Gasteiger partial charge in [0.15, 0.2) is 0 Å². The van der Waals surface area contributed by atoms with Crippen molar-refractivity contribution in [2.24, 2.45) is 0 Å². The Kier molecular flexibility index (Phi) is 6.60. The lowest BCUT2D eigenvalue weighted by Gasteiger charge is -2.07. The van der Waals surface area contributed by atoms with E-state index in [9.17, 15) is 9.59 Å². The second kappa shape index (κ2) is 8.26. The van der Waals surface area contributed by atoms with Gasteiger partial charge in [-0.1, -0.05) is 17.7 Å². The SMILES string of the molecule is CNC(=O)CCNCCNC(=O)c1ccc(C)cc1. The lowest BCUT2D eigenvalue weighted by Crippen LogP contribution is -2.33. The zero-order chi connectivity index (χ0) is 14.1. The Bertz CT molecular complexity index is 415. The summed E-state index contributed by atoms with van der Waals surface area (Å²) in [5.74, 6) is -0.0655. The Morgan fingerprint density at radius 1 is 1.05 bits per heavy atom. The average molecular weight is 263 g/mol. The molecule has 0 aliphatic heterocycles. The van der Waals surface area contributed by atoms with Gasteiger partial charge in [-0.3, -0.25) is 9.59 Å². The molecule has 0 bridgehead atoms. The largest absolute Gasteiger partial charge is 0.359 e. The topological polar surface area (TPSA) is 70.2 Å². The third kappa shape index (κ3) is 6.01. The number of aryl methyl sites for hydroxylation is 1. The van der Waals surface area contributed by atoms with Crippen molar-refractivity contribution in [2.75, 3.05) is 26.7 Å². The van der Waals surface area contributed by atoms with E-state index >= 15 is 0 Å². The van der Waals surface area contributed by atoms with E-state index in [0.717, 1.165) is 5.56 Å². The summed E-state index contributed by atoms with van der Waals surface area (Å²) in [7, 11) is 1.62. The Balaban J connectivity index is 2.14. The van der Waals surface area contributed by atoms with Crippen molar-refractivity contribution in [3.8, 4) is 0 Å². The van der Waals surface area contributed by atoms with E-state index in [2.05, 4.69) is 16.0 Å². The van der Waals surface area contributed by atoms with Gasteiger partial charge in [-0.05, 0) is 19.1 Å². The molecule has 1 rings (SSSR count). The molecule has 0 saturated carbocycles. The maximum absolute atomic E-state index is 11.7. The molecule has 0 unspecified atom stereocenters. The van der Waals surface area contributed by atoms with Crippen LogP contribution in [0, 0.1) is 6.92 Å². The summed E-state index contributed by atoms with van der Waals surface area (Å²) in [4.78, 5) is 22.7. The quantitative estimate of drug-likeness (QED) is 0.626. The number of rotatable bonds is 7. The first-order chi connectivity index (χ1) is 9.13. The van der Waals surface area contributed by atoms with Crippen LogP contribution in [0.5, 0.6) is 0 Å². The van der Waals surface area contributed by atoms with E-state index in [4.69, 9.17) is 0 Å². The van der Waals surface area contributed by atoms with Crippen molar-refractivity contribution >= 4 is 11.8 Å². The second-order valence-electron chi connectivity index (χ2n) is 4.30. The van der Waals surface area contributed by atoms with Crippen molar-refractivity contribution in [3.05, 3.63) is 35.4 Å². The molecule has 0 radical (unpaired) electrons. The number of amides is 2. The molecule has 0 aromatic heterocycles. The summed E-state index contributed by atoms with van der Waals surface area (Å²) in [5.41, 5.74) is 1.79. The van der Waals surface area contributed by atoms with Crippen LogP contribution >= 0.6 is 0 Å². The Labute approximate surface area is 113 Å². The van der Waals surface area contributed by atoms with Gasteiger partial charge in [0.1, 0.15) is 0 Å². The molecule has 0 aliphatic carbocycles. The minimum atomic E-state index is -0.0758. The predicted molar refractivity (Wildman–Crippen MR) is 75.1 cm³/mol. The second-order valence-corrected chi connectivity index (χ2v) is 4.30. The first-order valence-electron chi connectivity index (χ1n) is 6.39. The number of carbonyl (C=O) groups excluding carboxylic acids is 2. The summed E-state index contributed by atoms with van der Waals surface area (Å²) in [6.45, 7) is 3.78. The van der Waals surface area contributed by atoms with Crippen LogP contribution in [0.2, 0.25) is 0 Å². The van der Waals surface area contributed by atoms with Crippen molar-refractivity contribution in [3.63, 3.8) is 0 Å². The molecule has 1 aromatic rings. The van der Waals surface area contributed by atoms with Crippen LogP contribution in [-0.2, 0) is 4.79 Å². The molecule has 1 aromatic carbocycles. The Hall–Kier alpha value is -1.88. The third-order valence-corrected chi connectivity index (χ3v) is 2.71. The van der Waals surface area contributed by atoms with Crippen LogP contribution in [0.15, 0.2) is 24.3 Å². The molecule has 2 amide bonds. The van der Waals surface area contributed by atoms with Gasteiger partial charge < -0.3 is 16.0 Å².